The highest BCUT2D eigenvalue weighted by Gasteiger charge is 2.20. The Balaban J connectivity index is 1.53. The van der Waals surface area contributed by atoms with Crippen LogP contribution in [0.3, 0.4) is 0 Å². The smallest absolute Gasteiger partial charge is 0.263 e. The van der Waals surface area contributed by atoms with Gasteiger partial charge in [-0.25, -0.2) is 12.7 Å². The minimum Gasteiger partial charge on any atom is -0.385 e. The largest absolute Gasteiger partial charge is 0.385 e. The summed E-state index contributed by atoms with van der Waals surface area (Å²) >= 11 is 0. The maximum atomic E-state index is 13.1. The molecule has 0 saturated carbocycles. The van der Waals surface area contributed by atoms with E-state index in [1.807, 2.05) is 60.7 Å². The second-order valence-corrected chi connectivity index (χ2v) is 10.0. The highest BCUT2D eigenvalue weighted by Crippen LogP contribution is 2.19. The Morgan fingerprint density at radius 2 is 1.50 bits per heavy atom. The predicted molar refractivity (Wildman–Crippen MR) is 127 cm³/mol. The molecular weight excluding hydrogens is 454 g/mol. The molecule has 4 aromatic rings. The molecule has 0 saturated heterocycles. The number of carbonyl (C=O) groups is 1. The van der Waals surface area contributed by atoms with Crippen molar-refractivity contribution in [2.75, 3.05) is 20.7 Å². The van der Waals surface area contributed by atoms with Gasteiger partial charge in [0.25, 0.3) is 5.91 Å². The van der Waals surface area contributed by atoms with Crippen molar-refractivity contribution in [3.8, 4) is 0 Å². The van der Waals surface area contributed by atoms with Crippen molar-refractivity contribution in [2.45, 2.75) is 18.0 Å². The first-order chi connectivity index (χ1) is 16.3. The minimum atomic E-state index is -3.64. The van der Waals surface area contributed by atoms with Gasteiger partial charge in [0.15, 0.2) is 6.61 Å². The van der Waals surface area contributed by atoms with Gasteiger partial charge in [0.1, 0.15) is 11.0 Å². The number of amides is 1. The van der Waals surface area contributed by atoms with Gasteiger partial charge < -0.3 is 9.74 Å². The van der Waals surface area contributed by atoms with Crippen molar-refractivity contribution in [1.29, 1.82) is 0 Å². The number of rotatable bonds is 9. The van der Waals surface area contributed by atoms with Crippen LogP contribution in [0.25, 0.3) is 11.0 Å². The van der Waals surface area contributed by atoms with E-state index in [9.17, 15) is 13.2 Å². The highest BCUT2D eigenvalue weighted by atomic mass is 32.2. The van der Waals surface area contributed by atoms with Crippen LogP contribution >= 0.6 is 0 Å². The number of hydrogen-bond acceptors (Lipinski definition) is 6. The monoisotopic (exact) mass is 479 g/mol. The molecule has 1 aromatic heterocycles. The maximum Gasteiger partial charge on any atom is 0.263 e. The highest BCUT2D eigenvalue weighted by molar-refractivity contribution is 7.89. The number of hydrogen-bond donors (Lipinski definition) is 0. The van der Waals surface area contributed by atoms with Crippen LogP contribution in [0.15, 0.2) is 83.8 Å². The zero-order chi connectivity index (χ0) is 24.1. The summed E-state index contributed by atoms with van der Waals surface area (Å²) in [5, 5.41) is 7.93. The SMILES string of the molecule is CN(C)S(=O)(=O)c1ccc2nnn(OCC(=O)N(Cc3ccccc3)Cc3ccccc3)c2c1. The quantitative estimate of drug-likeness (QED) is 0.366. The zero-order valence-corrected chi connectivity index (χ0v) is 19.7. The first-order valence-corrected chi connectivity index (χ1v) is 12.1. The fourth-order valence-corrected chi connectivity index (χ4v) is 4.31. The number of sulfonamides is 1. The van der Waals surface area contributed by atoms with E-state index in [0.717, 1.165) is 20.3 Å². The second-order valence-electron chi connectivity index (χ2n) is 7.89. The molecule has 4 rings (SSSR count). The molecule has 3 aromatic carbocycles. The molecule has 0 unspecified atom stereocenters. The Bertz CT molecular complexity index is 1330. The normalized spacial score (nSPS) is 11.6. The molecule has 34 heavy (non-hydrogen) atoms. The second kappa shape index (κ2) is 10.0. The van der Waals surface area contributed by atoms with Gasteiger partial charge in [-0.2, -0.15) is 0 Å². The van der Waals surface area contributed by atoms with Crippen molar-refractivity contribution >= 4 is 27.0 Å². The molecule has 0 fully saturated rings. The van der Waals surface area contributed by atoms with E-state index in [4.69, 9.17) is 4.84 Å². The van der Waals surface area contributed by atoms with Crippen LogP contribution in [0.5, 0.6) is 0 Å². The van der Waals surface area contributed by atoms with Gasteiger partial charge in [-0.3, -0.25) is 4.79 Å². The number of aromatic nitrogens is 3. The van der Waals surface area contributed by atoms with Crippen molar-refractivity contribution in [2.24, 2.45) is 0 Å². The molecule has 0 spiro atoms. The fraction of sp³-hybridized carbons (Fsp3) is 0.208. The van der Waals surface area contributed by atoms with Gasteiger partial charge >= 0.3 is 0 Å². The number of fused-ring (bicyclic) bond motifs is 1. The molecule has 0 radical (unpaired) electrons. The lowest BCUT2D eigenvalue weighted by atomic mass is 10.1. The molecule has 1 heterocycles. The van der Waals surface area contributed by atoms with Crippen molar-refractivity contribution in [3.05, 3.63) is 90.0 Å². The summed E-state index contributed by atoms with van der Waals surface area (Å²) in [6.07, 6.45) is 0. The van der Waals surface area contributed by atoms with Crippen molar-refractivity contribution in [3.63, 3.8) is 0 Å². The Hall–Kier alpha value is -3.76. The lowest BCUT2D eigenvalue weighted by Gasteiger charge is -2.23. The predicted octanol–water partition coefficient (Wildman–Crippen LogP) is 2.34. The molecule has 176 valence electrons. The molecule has 0 atom stereocenters. The Morgan fingerprint density at radius 3 is 2.06 bits per heavy atom. The van der Waals surface area contributed by atoms with Gasteiger partial charge in [0, 0.05) is 27.2 Å². The van der Waals surface area contributed by atoms with E-state index in [0.29, 0.717) is 24.1 Å². The molecule has 0 aliphatic rings. The van der Waals surface area contributed by atoms with Crippen LogP contribution in [0.1, 0.15) is 11.1 Å². The summed E-state index contributed by atoms with van der Waals surface area (Å²) in [6.45, 7) is 0.547. The third-order valence-corrected chi connectivity index (χ3v) is 7.07. The van der Waals surface area contributed by atoms with E-state index in [2.05, 4.69) is 10.3 Å². The molecule has 0 aliphatic carbocycles. The molecular formula is C24H25N5O4S. The lowest BCUT2D eigenvalue weighted by Crippen LogP contribution is -2.36. The fourth-order valence-electron chi connectivity index (χ4n) is 3.39. The average molecular weight is 480 g/mol. The summed E-state index contributed by atoms with van der Waals surface area (Å²) < 4.78 is 26.1. The first kappa shape index (κ1) is 23.4. The van der Waals surface area contributed by atoms with Gasteiger partial charge in [-0.1, -0.05) is 65.5 Å². The van der Waals surface area contributed by atoms with Crippen molar-refractivity contribution in [1.82, 2.24) is 24.4 Å². The molecule has 0 bridgehead atoms. The third-order valence-electron chi connectivity index (χ3n) is 5.26. The molecule has 0 N–H and O–H groups in total. The summed E-state index contributed by atoms with van der Waals surface area (Å²) in [6, 6.07) is 23.9. The van der Waals surface area contributed by atoms with Gasteiger partial charge in [-0.15, -0.1) is 5.10 Å². The van der Waals surface area contributed by atoms with Crippen LogP contribution in [-0.2, 0) is 27.9 Å². The molecule has 9 nitrogen and oxygen atoms in total. The summed E-state index contributed by atoms with van der Waals surface area (Å²) in [4.78, 5) is 21.7. The average Bonchev–Trinajstić information content (AvgIpc) is 3.25. The third kappa shape index (κ3) is 5.24. The summed E-state index contributed by atoms with van der Waals surface area (Å²) in [5.41, 5.74) is 2.80. The first-order valence-electron chi connectivity index (χ1n) is 10.6. The van der Waals surface area contributed by atoms with Crippen LogP contribution in [0, 0.1) is 0 Å². The van der Waals surface area contributed by atoms with E-state index >= 15 is 0 Å². The Morgan fingerprint density at radius 1 is 0.912 bits per heavy atom. The summed E-state index contributed by atoms with van der Waals surface area (Å²) in [7, 11) is -0.730. The summed E-state index contributed by atoms with van der Waals surface area (Å²) in [5.74, 6) is -0.242. The van der Waals surface area contributed by atoms with Crippen LogP contribution in [-0.4, -0.2) is 59.4 Å². The van der Waals surface area contributed by atoms with Crippen LogP contribution in [0.4, 0.5) is 0 Å². The Kier molecular flexibility index (Phi) is 6.90. The molecule has 10 heteroatoms. The topological polar surface area (TPSA) is 97.6 Å². The van der Waals surface area contributed by atoms with Gasteiger partial charge in [-0.05, 0) is 34.5 Å². The van der Waals surface area contributed by atoms with E-state index in [-0.39, 0.29) is 17.4 Å². The van der Waals surface area contributed by atoms with E-state index in [1.165, 1.54) is 26.2 Å². The zero-order valence-electron chi connectivity index (χ0n) is 18.9. The number of benzene rings is 3. The Labute approximate surface area is 198 Å². The number of nitrogens with zero attached hydrogens (tertiary/aromatic N) is 5. The van der Waals surface area contributed by atoms with E-state index in [1.54, 1.807) is 11.0 Å². The van der Waals surface area contributed by atoms with Gasteiger partial charge in [0.05, 0.1) is 4.90 Å². The standard InChI is InChI=1S/C24H25N5O4S/c1-27(2)34(31,32)21-13-14-22-23(15-21)29(26-25-22)33-18-24(30)28(16-19-9-5-3-6-10-19)17-20-11-7-4-8-12-20/h3-15H,16-18H2,1-2H3. The van der Waals surface area contributed by atoms with Crippen LogP contribution < -0.4 is 4.84 Å². The minimum absolute atomic E-state index is 0.0817. The number of carbonyl (C=O) groups excluding carboxylic acids is 1. The molecule has 0 aliphatic heterocycles. The maximum absolute atomic E-state index is 13.1. The molecule has 1 amide bonds. The van der Waals surface area contributed by atoms with Gasteiger partial charge in [0.2, 0.25) is 10.0 Å². The lowest BCUT2D eigenvalue weighted by molar-refractivity contribution is -0.138. The van der Waals surface area contributed by atoms with Crippen molar-refractivity contribution < 1.29 is 18.0 Å². The van der Waals surface area contributed by atoms with E-state index < -0.39 is 10.0 Å². The van der Waals surface area contributed by atoms with Crippen LogP contribution in [0.2, 0.25) is 0 Å².